The zero-order chi connectivity index (χ0) is 12.3. The van der Waals surface area contributed by atoms with Gasteiger partial charge in [-0.2, -0.15) is 0 Å². The summed E-state index contributed by atoms with van der Waals surface area (Å²) < 4.78 is 0. The Hall–Kier alpha value is -1.39. The molecular formula is C13H18N2O2. The quantitative estimate of drug-likeness (QED) is 0.827. The van der Waals surface area contributed by atoms with Crippen LogP contribution in [0, 0.1) is 0 Å². The van der Waals surface area contributed by atoms with Crippen LogP contribution < -0.4 is 5.73 Å². The van der Waals surface area contributed by atoms with E-state index in [1.165, 1.54) is 0 Å². The number of hydrogen-bond donors (Lipinski definition) is 2. The van der Waals surface area contributed by atoms with Gasteiger partial charge in [0.1, 0.15) is 0 Å². The first-order valence-corrected chi connectivity index (χ1v) is 5.95. The molecule has 0 amide bonds. The first kappa shape index (κ1) is 12.1. The van der Waals surface area contributed by atoms with Gasteiger partial charge in [0, 0.05) is 12.6 Å². The van der Waals surface area contributed by atoms with Crippen LogP contribution in [0.2, 0.25) is 0 Å². The van der Waals surface area contributed by atoms with Crippen molar-refractivity contribution >= 4 is 5.97 Å². The van der Waals surface area contributed by atoms with Gasteiger partial charge in [-0.3, -0.25) is 4.90 Å². The molecule has 92 valence electrons. The van der Waals surface area contributed by atoms with E-state index in [0.717, 1.165) is 38.0 Å². The molecule has 0 spiro atoms. The summed E-state index contributed by atoms with van der Waals surface area (Å²) in [6, 6.07) is 7.44. The van der Waals surface area contributed by atoms with Crippen molar-refractivity contribution in [2.24, 2.45) is 5.73 Å². The second-order valence-corrected chi connectivity index (χ2v) is 4.62. The third kappa shape index (κ3) is 3.28. The second-order valence-electron chi connectivity index (χ2n) is 4.62. The summed E-state index contributed by atoms with van der Waals surface area (Å²) in [4.78, 5) is 13.1. The molecule has 0 aromatic heterocycles. The van der Waals surface area contributed by atoms with E-state index < -0.39 is 5.97 Å². The normalized spacial score (nSPS) is 18.2. The van der Waals surface area contributed by atoms with Gasteiger partial charge in [0.25, 0.3) is 0 Å². The highest BCUT2D eigenvalue weighted by molar-refractivity contribution is 5.87. The molecule has 4 nitrogen and oxygen atoms in total. The zero-order valence-corrected chi connectivity index (χ0v) is 9.80. The lowest BCUT2D eigenvalue weighted by Gasteiger charge is -2.30. The van der Waals surface area contributed by atoms with Gasteiger partial charge in [-0.25, -0.2) is 4.79 Å². The van der Waals surface area contributed by atoms with Crippen molar-refractivity contribution in [3.8, 4) is 0 Å². The van der Waals surface area contributed by atoms with Gasteiger partial charge in [-0.05, 0) is 43.6 Å². The molecule has 17 heavy (non-hydrogen) atoms. The molecule has 0 radical (unpaired) electrons. The summed E-state index contributed by atoms with van der Waals surface area (Å²) in [6.07, 6.45) is 2.10. The molecule has 1 aliphatic rings. The summed E-state index contributed by atoms with van der Waals surface area (Å²) in [6.45, 7) is 2.94. The van der Waals surface area contributed by atoms with Crippen molar-refractivity contribution in [1.82, 2.24) is 4.90 Å². The zero-order valence-electron chi connectivity index (χ0n) is 9.80. The molecule has 1 saturated heterocycles. The second kappa shape index (κ2) is 5.29. The van der Waals surface area contributed by atoms with Crippen molar-refractivity contribution in [2.45, 2.75) is 25.4 Å². The van der Waals surface area contributed by atoms with Crippen molar-refractivity contribution in [2.75, 3.05) is 13.1 Å². The monoisotopic (exact) mass is 234 g/mol. The molecule has 0 aliphatic carbocycles. The first-order valence-electron chi connectivity index (χ1n) is 5.95. The van der Waals surface area contributed by atoms with Crippen LogP contribution in [0.25, 0.3) is 0 Å². The number of nitrogens with two attached hydrogens (primary N) is 1. The number of hydrogen-bond acceptors (Lipinski definition) is 3. The molecule has 0 saturated carbocycles. The number of benzene rings is 1. The van der Waals surface area contributed by atoms with Gasteiger partial charge in [0.15, 0.2) is 0 Å². The molecule has 0 atom stereocenters. The maximum Gasteiger partial charge on any atom is 0.335 e. The number of nitrogens with zero attached hydrogens (tertiary/aromatic N) is 1. The van der Waals surface area contributed by atoms with Crippen LogP contribution in [-0.4, -0.2) is 35.1 Å². The summed E-state index contributed by atoms with van der Waals surface area (Å²) in [5.74, 6) is -0.875. The topological polar surface area (TPSA) is 66.6 Å². The fraction of sp³-hybridized carbons (Fsp3) is 0.462. The third-order valence-corrected chi connectivity index (χ3v) is 3.24. The van der Waals surface area contributed by atoms with Crippen molar-refractivity contribution in [1.29, 1.82) is 0 Å². The molecule has 1 heterocycles. The summed E-state index contributed by atoms with van der Waals surface area (Å²) in [7, 11) is 0. The van der Waals surface area contributed by atoms with Gasteiger partial charge >= 0.3 is 5.97 Å². The van der Waals surface area contributed by atoms with Gasteiger partial charge in [-0.1, -0.05) is 12.1 Å². The Labute approximate surface area is 101 Å². The van der Waals surface area contributed by atoms with Crippen molar-refractivity contribution < 1.29 is 9.90 Å². The molecule has 3 N–H and O–H groups in total. The Morgan fingerprint density at radius 1 is 1.29 bits per heavy atom. The number of carboxylic acid groups (broad SMARTS) is 1. The molecule has 1 aromatic rings. The average Bonchev–Trinajstić information content (AvgIpc) is 2.33. The van der Waals surface area contributed by atoms with Crippen LogP contribution in [0.15, 0.2) is 24.3 Å². The van der Waals surface area contributed by atoms with Gasteiger partial charge < -0.3 is 10.8 Å². The molecule has 2 rings (SSSR count). The average molecular weight is 234 g/mol. The molecule has 1 aliphatic heterocycles. The lowest BCUT2D eigenvalue weighted by molar-refractivity contribution is 0.0697. The number of aromatic carboxylic acids is 1. The van der Waals surface area contributed by atoms with Crippen LogP contribution >= 0.6 is 0 Å². The first-order chi connectivity index (χ1) is 8.15. The Bertz CT molecular complexity index is 381. The highest BCUT2D eigenvalue weighted by Gasteiger charge is 2.15. The number of piperidine rings is 1. The standard InChI is InChI=1S/C13H18N2O2/c14-12-5-7-15(8-6-12)9-10-1-3-11(4-2-10)13(16)17/h1-4,12H,5-9,14H2,(H,16,17). The van der Waals surface area contributed by atoms with Crippen molar-refractivity contribution in [3.05, 3.63) is 35.4 Å². The highest BCUT2D eigenvalue weighted by Crippen LogP contribution is 2.13. The molecule has 0 bridgehead atoms. The molecule has 4 heteroatoms. The third-order valence-electron chi connectivity index (χ3n) is 3.24. The minimum Gasteiger partial charge on any atom is -0.478 e. The van der Waals surface area contributed by atoms with E-state index in [1.54, 1.807) is 12.1 Å². The predicted octanol–water partition coefficient (Wildman–Crippen LogP) is 1.31. The van der Waals surface area contributed by atoms with E-state index in [2.05, 4.69) is 4.90 Å². The molecule has 1 aromatic carbocycles. The van der Waals surface area contributed by atoms with Crippen LogP contribution in [0.1, 0.15) is 28.8 Å². The predicted molar refractivity (Wildman–Crippen MR) is 65.9 cm³/mol. The summed E-state index contributed by atoms with van der Waals surface area (Å²) in [5, 5.41) is 8.80. The Morgan fingerprint density at radius 3 is 2.41 bits per heavy atom. The summed E-state index contributed by atoms with van der Waals surface area (Å²) in [5.41, 5.74) is 7.35. The number of carbonyl (C=O) groups is 1. The maximum atomic E-state index is 10.7. The van der Waals surface area contributed by atoms with E-state index in [1.807, 2.05) is 12.1 Å². The minimum absolute atomic E-state index is 0.342. The number of rotatable bonds is 3. The molecular weight excluding hydrogens is 216 g/mol. The molecule has 1 fully saturated rings. The van der Waals surface area contributed by atoms with E-state index in [0.29, 0.717) is 11.6 Å². The van der Waals surface area contributed by atoms with E-state index in [4.69, 9.17) is 10.8 Å². The van der Waals surface area contributed by atoms with Crippen LogP contribution in [0.4, 0.5) is 0 Å². The fourth-order valence-electron chi connectivity index (χ4n) is 2.12. The van der Waals surface area contributed by atoms with Gasteiger partial charge in [0.2, 0.25) is 0 Å². The lowest BCUT2D eigenvalue weighted by atomic mass is 10.0. The number of likely N-dealkylation sites (tertiary alicyclic amines) is 1. The Morgan fingerprint density at radius 2 is 1.88 bits per heavy atom. The smallest absolute Gasteiger partial charge is 0.335 e. The van der Waals surface area contributed by atoms with Crippen LogP contribution in [-0.2, 0) is 6.54 Å². The van der Waals surface area contributed by atoms with E-state index in [-0.39, 0.29) is 0 Å². The largest absolute Gasteiger partial charge is 0.478 e. The number of carboxylic acids is 1. The minimum atomic E-state index is -0.875. The maximum absolute atomic E-state index is 10.7. The fourth-order valence-corrected chi connectivity index (χ4v) is 2.12. The Kier molecular flexibility index (Phi) is 3.76. The van der Waals surface area contributed by atoms with Crippen molar-refractivity contribution in [3.63, 3.8) is 0 Å². The van der Waals surface area contributed by atoms with Gasteiger partial charge in [-0.15, -0.1) is 0 Å². The van der Waals surface area contributed by atoms with Crippen LogP contribution in [0.5, 0.6) is 0 Å². The lowest BCUT2D eigenvalue weighted by Crippen LogP contribution is -2.39. The SMILES string of the molecule is NC1CCN(Cc2ccc(C(=O)O)cc2)CC1. The highest BCUT2D eigenvalue weighted by atomic mass is 16.4. The van der Waals surface area contributed by atoms with Crippen LogP contribution in [0.3, 0.4) is 0 Å². The van der Waals surface area contributed by atoms with Gasteiger partial charge in [0.05, 0.1) is 5.56 Å². The molecule has 0 unspecified atom stereocenters. The Balaban J connectivity index is 1.92. The summed E-state index contributed by atoms with van der Waals surface area (Å²) >= 11 is 0. The van der Waals surface area contributed by atoms with E-state index >= 15 is 0 Å². The van der Waals surface area contributed by atoms with E-state index in [9.17, 15) is 4.79 Å².